The van der Waals surface area contributed by atoms with E-state index in [0.29, 0.717) is 0 Å². The van der Waals surface area contributed by atoms with Crippen molar-refractivity contribution in [1.29, 1.82) is 0 Å². The van der Waals surface area contributed by atoms with E-state index in [1.165, 1.54) is 120 Å². The number of nitrogens with zero attached hydrogens (tertiary/aromatic N) is 3. The minimum absolute atomic E-state index is 0.0112. The highest BCUT2D eigenvalue weighted by Gasteiger charge is 2.62. The van der Waals surface area contributed by atoms with Gasteiger partial charge in [-0.1, -0.05) is 180 Å². The summed E-state index contributed by atoms with van der Waals surface area (Å²) in [7, 11) is 0. The quantitative estimate of drug-likeness (QED) is 0.164. The molecule has 6 aliphatic rings. The van der Waals surface area contributed by atoms with Crippen LogP contribution in [-0.2, 0) is 16.2 Å². The summed E-state index contributed by atoms with van der Waals surface area (Å²) in [4.78, 5) is 5.41. The Bertz CT molecular complexity index is 3550. The van der Waals surface area contributed by atoms with Gasteiger partial charge >= 0.3 is 0 Å². The molecule has 4 heterocycles. The van der Waals surface area contributed by atoms with Crippen molar-refractivity contribution in [2.45, 2.75) is 82.1 Å². The molecule has 1 unspecified atom stereocenters. The maximum absolute atomic E-state index is 2.91. The smallest absolute Gasteiger partial charge is 0.252 e. The van der Waals surface area contributed by atoms with Crippen LogP contribution < -0.4 is 26.2 Å². The molecule has 0 saturated heterocycles. The van der Waals surface area contributed by atoms with E-state index in [1.54, 1.807) is 5.56 Å². The fourth-order valence-electron chi connectivity index (χ4n) is 14.8. The van der Waals surface area contributed by atoms with E-state index >= 15 is 0 Å². The summed E-state index contributed by atoms with van der Waals surface area (Å²) in [5, 5.41) is 1.36. The van der Waals surface area contributed by atoms with E-state index in [0.717, 1.165) is 17.8 Å². The van der Waals surface area contributed by atoms with Crippen molar-refractivity contribution in [2.75, 3.05) is 9.80 Å². The molecule has 2 atom stereocenters. The standard InChI is InChI=1S/C63H52BN3/c1-60(2,3)39-35-50-59-52(36-39)64-51-32-20-28-46-55-58(45-27-14-17-31-49(45)63(55)47-29-15-12-25-43(47)44-26-13-16-30-48(44)63)66(57(46)51)53-37-42(65(40-21-8-6-9-22-40)41-23-10-7-11-24-41)38-54(56(53)64)67(59)62(5)34-19-18-33-61(50,62)4/h6-17,20-32,35-38H,18-19,33-34H2,1-5H3/t61-,62?/m0/s1. The molecule has 3 aliphatic heterocycles. The van der Waals surface area contributed by atoms with Crippen molar-refractivity contribution in [3.05, 3.63) is 209 Å². The number of hydrogen-bond donors (Lipinski definition) is 0. The molecule has 4 heteroatoms. The second kappa shape index (κ2) is 12.7. The van der Waals surface area contributed by atoms with Gasteiger partial charge in [0.25, 0.3) is 6.71 Å². The van der Waals surface area contributed by atoms with E-state index in [4.69, 9.17) is 0 Å². The lowest BCUT2D eigenvalue weighted by Gasteiger charge is -2.52. The highest BCUT2D eigenvalue weighted by Crippen LogP contribution is 2.66. The zero-order valence-corrected chi connectivity index (χ0v) is 39.0. The summed E-state index contributed by atoms with van der Waals surface area (Å²) < 4.78 is 2.77. The fraction of sp³-hybridized carbons (Fsp3) is 0.206. The Kier molecular flexibility index (Phi) is 7.22. The maximum atomic E-state index is 2.91. The van der Waals surface area contributed by atoms with E-state index in [1.807, 2.05) is 0 Å². The van der Waals surface area contributed by atoms with E-state index in [-0.39, 0.29) is 23.1 Å². The first-order chi connectivity index (χ1) is 32.6. The lowest BCUT2D eigenvalue weighted by molar-refractivity contribution is 0.195. The number of anilines is 5. The second-order valence-corrected chi connectivity index (χ2v) is 21.9. The van der Waals surface area contributed by atoms with Crippen molar-refractivity contribution in [3.63, 3.8) is 0 Å². The average Bonchev–Trinajstić information content (AvgIpc) is 4.02. The molecule has 15 rings (SSSR count). The molecule has 67 heavy (non-hydrogen) atoms. The van der Waals surface area contributed by atoms with E-state index in [2.05, 4.69) is 225 Å². The molecule has 0 bridgehead atoms. The van der Waals surface area contributed by atoms with Crippen LogP contribution in [0.1, 0.15) is 93.7 Å². The van der Waals surface area contributed by atoms with Gasteiger partial charge in [0.1, 0.15) is 0 Å². The zero-order chi connectivity index (χ0) is 44.8. The SMILES string of the molecule is CC(C)(C)c1cc2c3c(c1)[C@]1(C)CCCCC1(C)N3c1cc(N(c3ccccc3)c3ccccc3)cc3c1B2c1cccc2c4c(n-3c12)-c1ccccc1C41c2ccccc2-c2ccccc21. The van der Waals surface area contributed by atoms with Crippen LogP contribution in [-0.4, -0.2) is 16.8 Å². The van der Waals surface area contributed by atoms with Gasteiger partial charge in [0.05, 0.1) is 22.3 Å². The van der Waals surface area contributed by atoms with Gasteiger partial charge in [0, 0.05) is 55.9 Å². The molecule has 1 aromatic heterocycles. The van der Waals surface area contributed by atoms with Crippen LogP contribution in [0.4, 0.5) is 28.4 Å². The number of aromatic nitrogens is 1. The second-order valence-electron chi connectivity index (χ2n) is 21.9. The fourth-order valence-corrected chi connectivity index (χ4v) is 14.8. The highest BCUT2D eigenvalue weighted by molar-refractivity contribution is 7.00. The highest BCUT2D eigenvalue weighted by atomic mass is 15.3. The first-order valence-electron chi connectivity index (χ1n) is 24.7. The summed E-state index contributed by atoms with van der Waals surface area (Å²) in [6, 6.07) is 67.8. The molecule has 0 radical (unpaired) electrons. The van der Waals surface area contributed by atoms with Gasteiger partial charge in [-0.3, -0.25) is 0 Å². The van der Waals surface area contributed by atoms with Gasteiger partial charge in [-0.15, -0.1) is 0 Å². The largest absolute Gasteiger partial charge is 0.335 e. The molecular formula is C63H52BN3. The van der Waals surface area contributed by atoms with Crippen LogP contribution in [0.5, 0.6) is 0 Å². The van der Waals surface area contributed by atoms with Gasteiger partial charge < -0.3 is 14.4 Å². The van der Waals surface area contributed by atoms with Crippen LogP contribution in [0.25, 0.3) is 39.0 Å². The first-order valence-corrected chi connectivity index (χ1v) is 24.7. The zero-order valence-electron chi connectivity index (χ0n) is 39.0. The van der Waals surface area contributed by atoms with Gasteiger partial charge in [-0.25, -0.2) is 0 Å². The van der Waals surface area contributed by atoms with Crippen molar-refractivity contribution in [1.82, 2.24) is 4.57 Å². The third-order valence-corrected chi connectivity index (χ3v) is 17.8. The Morgan fingerprint density at radius 2 is 1.12 bits per heavy atom. The molecule has 3 aliphatic carbocycles. The van der Waals surface area contributed by atoms with Gasteiger partial charge in [0.15, 0.2) is 0 Å². The van der Waals surface area contributed by atoms with Crippen LogP contribution in [0.3, 0.4) is 0 Å². The Morgan fingerprint density at radius 1 is 0.537 bits per heavy atom. The summed E-state index contributed by atoms with van der Waals surface area (Å²) in [6.45, 7) is 12.5. The van der Waals surface area contributed by atoms with Crippen LogP contribution >= 0.6 is 0 Å². The van der Waals surface area contributed by atoms with Gasteiger partial charge in [-0.05, 0) is 117 Å². The van der Waals surface area contributed by atoms with Gasteiger partial charge in [-0.2, -0.15) is 0 Å². The third kappa shape index (κ3) is 4.42. The molecule has 1 fully saturated rings. The Morgan fingerprint density at radius 3 is 1.78 bits per heavy atom. The Balaban J connectivity index is 1.14. The minimum Gasteiger partial charge on any atom is -0.335 e. The van der Waals surface area contributed by atoms with Crippen LogP contribution in [0.2, 0.25) is 0 Å². The normalized spacial score (nSPS) is 20.3. The van der Waals surface area contributed by atoms with Crippen LogP contribution in [0, 0.1) is 0 Å². The summed E-state index contributed by atoms with van der Waals surface area (Å²) >= 11 is 0. The van der Waals surface area contributed by atoms with E-state index < -0.39 is 5.41 Å². The molecule has 8 aromatic carbocycles. The molecule has 9 aromatic rings. The minimum atomic E-state index is -0.471. The van der Waals surface area contributed by atoms with Crippen molar-refractivity contribution < 1.29 is 0 Å². The first kappa shape index (κ1) is 38.1. The monoisotopic (exact) mass is 861 g/mol. The lowest BCUT2D eigenvalue weighted by atomic mass is 9.33. The molecule has 0 N–H and O–H groups in total. The van der Waals surface area contributed by atoms with Crippen molar-refractivity contribution in [2.24, 2.45) is 0 Å². The van der Waals surface area contributed by atoms with Crippen molar-refractivity contribution in [3.8, 4) is 28.1 Å². The number of benzene rings is 8. The number of fused-ring (bicyclic) bond motifs is 19. The van der Waals surface area contributed by atoms with Crippen molar-refractivity contribution >= 4 is 62.4 Å². The maximum Gasteiger partial charge on any atom is 0.252 e. The molecule has 1 saturated carbocycles. The van der Waals surface area contributed by atoms with E-state index in [9.17, 15) is 0 Å². The molecule has 1 spiro atoms. The summed E-state index contributed by atoms with van der Waals surface area (Å²) in [5.74, 6) is 0. The lowest BCUT2D eigenvalue weighted by Crippen LogP contribution is -2.64. The summed E-state index contributed by atoms with van der Waals surface area (Å²) in [5.41, 5.74) is 26.6. The number of hydrogen-bond acceptors (Lipinski definition) is 2. The topological polar surface area (TPSA) is 11.4 Å². The Labute approximate surface area is 394 Å². The molecule has 3 nitrogen and oxygen atoms in total. The number of para-hydroxylation sites is 3. The molecule has 0 amide bonds. The predicted molar refractivity (Wildman–Crippen MR) is 280 cm³/mol. The molecular weight excluding hydrogens is 810 g/mol. The average molecular weight is 862 g/mol. The Hall–Kier alpha value is -7.04. The molecule has 322 valence electrons. The number of rotatable bonds is 3. The van der Waals surface area contributed by atoms with Crippen LogP contribution in [0.15, 0.2) is 176 Å². The van der Waals surface area contributed by atoms with Gasteiger partial charge in [0.2, 0.25) is 0 Å². The summed E-state index contributed by atoms with van der Waals surface area (Å²) in [6.07, 6.45) is 4.84. The third-order valence-electron chi connectivity index (χ3n) is 17.8. The predicted octanol–water partition coefficient (Wildman–Crippen LogP) is 13.6.